The molecule has 2 N–H and O–H groups in total. The van der Waals surface area contributed by atoms with Crippen LogP contribution in [0.2, 0.25) is 10.0 Å². The number of aromatic nitrogens is 1. The van der Waals surface area contributed by atoms with Crippen molar-refractivity contribution < 1.29 is 14.7 Å². The normalized spacial score (nSPS) is 11.8. The van der Waals surface area contributed by atoms with E-state index in [2.05, 4.69) is 10.3 Å². The van der Waals surface area contributed by atoms with Gasteiger partial charge in [-0.1, -0.05) is 53.5 Å². The summed E-state index contributed by atoms with van der Waals surface area (Å²) in [7, 11) is 0. The first-order valence-electron chi connectivity index (χ1n) is 7.92. The smallest absolute Gasteiger partial charge is 0.305 e. The summed E-state index contributed by atoms with van der Waals surface area (Å²) in [5, 5.41) is 15.2. The molecule has 1 aromatic heterocycles. The summed E-state index contributed by atoms with van der Waals surface area (Å²) in [5.74, 6) is -1.50. The number of aliphatic carboxylic acids is 1. The van der Waals surface area contributed by atoms with Crippen LogP contribution in [0.1, 0.15) is 28.5 Å². The molecule has 8 heteroatoms. The maximum Gasteiger partial charge on any atom is 0.305 e. The van der Waals surface area contributed by atoms with Gasteiger partial charge in [-0.05, 0) is 23.8 Å². The predicted molar refractivity (Wildman–Crippen MR) is 106 cm³/mol. The van der Waals surface area contributed by atoms with Crippen molar-refractivity contribution in [3.63, 3.8) is 0 Å². The molecule has 1 heterocycles. The van der Waals surface area contributed by atoms with Crippen molar-refractivity contribution in [3.8, 4) is 10.6 Å². The maximum atomic E-state index is 12.6. The Morgan fingerprint density at radius 3 is 2.48 bits per heavy atom. The molecule has 138 valence electrons. The first-order valence-corrected chi connectivity index (χ1v) is 9.56. The summed E-state index contributed by atoms with van der Waals surface area (Å²) in [6, 6.07) is 13.2. The summed E-state index contributed by atoms with van der Waals surface area (Å²) >= 11 is 13.4. The molecular formula is C19H14Cl2N2O3S. The van der Waals surface area contributed by atoms with Crippen LogP contribution >= 0.6 is 34.5 Å². The molecule has 1 atom stereocenters. The van der Waals surface area contributed by atoms with Crippen LogP contribution < -0.4 is 5.32 Å². The minimum Gasteiger partial charge on any atom is -0.481 e. The van der Waals surface area contributed by atoms with Crippen molar-refractivity contribution in [1.29, 1.82) is 0 Å². The van der Waals surface area contributed by atoms with E-state index in [0.29, 0.717) is 20.6 Å². The lowest BCUT2D eigenvalue weighted by Gasteiger charge is -2.18. The molecule has 0 saturated carbocycles. The van der Waals surface area contributed by atoms with E-state index >= 15 is 0 Å². The topological polar surface area (TPSA) is 79.3 Å². The van der Waals surface area contributed by atoms with E-state index < -0.39 is 17.9 Å². The number of rotatable bonds is 6. The Labute approximate surface area is 169 Å². The average Bonchev–Trinajstić information content (AvgIpc) is 3.12. The Morgan fingerprint density at radius 2 is 1.81 bits per heavy atom. The van der Waals surface area contributed by atoms with E-state index in [1.807, 2.05) is 12.1 Å². The lowest BCUT2D eigenvalue weighted by molar-refractivity contribution is -0.137. The number of hydrogen-bond acceptors (Lipinski definition) is 4. The molecule has 0 aliphatic rings. The molecule has 0 spiro atoms. The Bertz CT molecular complexity index is 973. The lowest BCUT2D eigenvalue weighted by Crippen LogP contribution is -2.30. The zero-order chi connectivity index (χ0) is 19.4. The first-order chi connectivity index (χ1) is 12.9. The molecule has 0 fully saturated rings. The minimum absolute atomic E-state index is 0.215. The molecule has 0 saturated heterocycles. The molecule has 5 nitrogen and oxygen atoms in total. The quantitative estimate of drug-likeness (QED) is 0.583. The minimum atomic E-state index is -1.04. The van der Waals surface area contributed by atoms with Crippen molar-refractivity contribution in [2.24, 2.45) is 0 Å². The number of nitrogens with zero attached hydrogens (tertiary/aromatic N) is 1. The van der Waals surface area contributed by atoms with Crippen LogP contribution in [-0.2, 0) is 4.79 Å². The second-order valence-electron chi connectivity index (χ2n) is 5.69. The van der Waals surface area contributed by atoms with Crippen molar-refractivity contribution in [1.82, 2.24) is 10.3 Å². The number of carboxylic acid groups (broad SMARTS) is 1. The number of benzene rings is 2. The SMILES string of the molecule is O=C(O)CC(NC(=O)c1csc(-c2ccc(Cl)cc2)n1)c1ccccc1Cl. The maximum absolute atomic E-state index is 12.6. The third-order valence-corrected chi connectivity index (χ3v) is 5.28. The summed E-state index contributed by atoms with van der Waals surface area (Å²) in [5.41, 5.74) is 1.60. The van der Waals surface area contributed by atoms with Gasteiger partial charge in [0.15, 0.2) is 0 Å². The van der Waals surface area contributed by atoms with Crippen LogP contribution in [0, 0.1) is 0 Å². The molecule has 2 aromatic carbocycles. The fraction of sp³-hybridized carbons (Fsp3) is 0.105. The summed E-state index contributed by atoms with van der Waals surface area (Å²) < 4.78 is 0. The van der Waals surface area contributed by atoms with Crippen LogP contribution in [-0.4, -0.2) is 22.0 Å². The van der Waals surface area contributed by atoms with Crippen LogP contribution in [0.5, 0.6) is 0 Å². The van der Waals surface area contributed by atoms with Crippen molar-refractivity contribution in [3.05, 3.63) is 75.2 Å². The standard InChI is InChI=1S/C19H14Cl2N2O3S/c20-12-7-5-11(6-8-12)19-23-16(10-27-19)18(26)22-15(9-17(24)25)13-3-1-2-4-14(13)21/h1-8,10,15H,9H2,(H,22,26)(H,24,25). The molecule has 1 unspecified atom stereocenters. The van der Waals surface area contributed by atoms with Gasteiger partial charge in [0, 0.05) is 21.0 Å². The zero-order valence-corrected chi connectivity index (χ0v) is 16.2. The van der Waals surface area contributed by atoms with Crippen LogP contribution in [0.25, 0.3) is 10.6 Å². The predicted octanol–water partition coefficient (Wildman–Crippen LogP) is 5.06. The van der Waals surface area contributed by atoms with Crippen LogP contribution in [0.15, 0.2) is 53.9 Å². The lowest BCUT2D eigenvalue weighted by atomic mass is 10.0. The molecule has 1 amide bonds. The number of carbonyl (C=O) groups excluding carboxylic acids is 1. The molecule has 0 radical (unpaired) electrons. The van der Waals surface area contributed by atoms with Gasteiger partial charge in [0.2, 0.25) is 0 Å². The van der Waals surface area contributed by atoms with Gasteiger partial charge in [-0.25, -0.2) is 4.98 Å². The van der Waals surface area contributed by atoms with Crippen LogP contribution in [0.4, 0.5) is 0 Å². The van der Waals surface area contributed by atoms with E-state index in [0.717, 1.165) is 5.56 Å². The van der Waals surface area contributed by atoms with Gasteiger partial charge in [-0.15, -0.1) is 11.3 Å². The van der Waals surface area contributed by atoms with Gasteiger partial charge in [-0.3, -0.25) is 9.59 Å². The van der Waals surface area contributed by atoms with Crippen molar-refractivity contribution in [2.45, 2.75) is 12.5 Å². The third kappa shape index (κ3) is 4.86. The van der Waals surface area contributed by atoms with E-state index in [-0.39, 0.29) is 12.1 Å². The first kappa shape index (κ1) is 19.4. The number of carbonyl (C=O) groups is 2. The van der Waals surface area contributed by atoms with Gasteiger partial charge in [0.1, 0.15) is 10.7 Å². The highest BCUT2D eigenvalue weighted by molar-refractivity contribution is 7.13. The van der Waals surface area contributed by atoms with E-state index in [1.165, 1.54) is 11.3 Å². The van der Waals surface area contributed by atoms with Crippen LogP contribution in [0.3, 0.4) is 0 Å². The Morgan fingerprint density at radius 1 is 1.11 bits per heavy atom. The molecule has 0 aliphatic carbocycles. The number of hydrogen-bond donors (Lipinski definition) is 2. The monoisotopic (exact) mass is 420 g/mol. The zero-order valence-electron chi connectivity index (χ0n) is 13.9. The third-order valence-electron chi connectivity index (χ3n) is 3.79. The average molecular weight is 421 g/mol. The largest absolute Gasteiger partial charge is 0.481 e. The molecule has 0 aliphatic heterocycles. The second kappa shape index (κ2) is 8.52. The van der Waals surface area contributed by atoms with E-state index in [4.69, 9.17) is 23.2 Å². The molecular weight excluding hydrogens is 407 g/mol. The molecule has 3 aromatic rings. The highest BCUT2D eigenvalue weighted by Gasteiger charge is 2.22. The molecule has 3 rings (SSSR count). The van der Waals surface area contributed by atoms with Gasteiger partial charge in [0.05, 0.1) is 12.5 Å². The Kier molecular flexibility index (Phi) is 6.11. The summed E-state index contributed by atoms with van der Waals surface area (Å²) in [4.78, 5) is 28.1. The molecule has 0 bridgehead atoms. The van der Waals surface area contributed by atoms with Crippen molar-refractivity contribution in [2.75, 3.05) is 0 Å². The Balaban J connectivity index is 1.81. The van der Waals surface area contributed by atoms with Gasteiger partial charge < -0.3 is 10.4 Å². The fourth-order valence-corrected chi connectivity index (χ4v) is 3.71. The Hall–Kier alpha value is -2.41. The summed E-state index contributed by atoms with van der Waals surface area (Å²) in [6.45, 7) is 0. The summed E-state index contributed by atoms with van der Waals surface area (Å²) in [6.07, 6.45) is -0.288. The van der Waals surface area contributed by atoms with E-state index in [1.54, 1.807) is 41.8 Å². The van der Waals surface area contributed by atoms with Gasteiger partial charge in [0.25, 0.3) is 5.91 Å². The number of halogens is 2. The van der Waals surface area contributed by atoms with Gasteiger partial charge in [-0.2, -0.15) is 0 Å². The van der Waals surface area contributed by atoms with Crippen molar-refractivity contribution >= 4 is 46.4 Å². The number of carboxylic acids is 1. The number of thiazole rings is 1. The van der Waals surface area contributed by atoms with E-state index in [9.17, 15) is 14.7 Å². The number of nitrogens with one attached hydrogen (secondary N) is 1. The second-order valence-corrected chi connectivity index (χ2v) is 7.39. The number of amides is 1. The van der Waals surface area contributed by atoms with Gasteiger partial charge >= 0.3 is 5.97 Å². The molecule has 27 heavy (non-hydrogen) atoms. The highest BCUT2D eigenvalue weighted by atomic mass is 35.5. The highest BCUT2D eigenvalue weighted by Crippen LogP contribution is 2.27. The fourth-order valence-electron chi connectivity index (χ4n) is 2.51.